The van der Waals surface area contributed by atoms with Gasteiger partial charge in [-0.15, -0.1) is 0 Å². The molecule has 3 aliphatic rings. The molecule has 0 saturated carbocycles. The van der Waals surface area contributed by atoms with Crippen molar-refractivity contribution < 1.29 is 19.1 Å². The predicted molar refractivity (Wildman–Crippen MR) is 45.2 cm³/mol. The summed E-state index contributed by atoms with van der Waals surface area (Å²) in [4.78, 5) is 23.1. The van der Waals surface area contributed by atoms with Gasteiger partial charge in [0.15, 0.2) is 0 Å². The van der Waals surface area contributed by atoms with Crippen LogP contribution >= 0.6 is 0 Å². The van der Waals surface area contributed by atoms with Gasteiger partial charge in [-0.25, -0.2) is 0 Å². The maximum Gasteiger partial charge on any atom is 0.323 e. The predicted octanol–water partition coefficient (Wildman–Crippen LogP) is 0.644. The van der Waals surface area contributed by atoms with Crippen molar-refractivity contribution in [3.05, 3.63) is 0 Å². The summed E-state index contributed by atoms with van der Waals surface area (Å²) in [5.74, 6) is -1.19. The molecule has 3 fully saturated rings. The zero-order chi connectivity index (χ0) is 10.1. The molecule has 0 aromatic carbocycles. The highest BCUT2D eigenvalue weighted by Gasteiger charge is 2.73. The number of carbonyl (C=O) groups excluding carboxylic acids is 2. The molecule has 0 spiro atoms. The van der Waals surface area contributed by atoms with E-state index in [4.69, 9.17) is 9.47 Å². The number of ether oxygens (including phenoxy) is 2. The molecule has 3 rings (SSSR count). The molecule has 0 N–H and O–H groups in total. The molecule has 4 unspecified atom stereocenters. The summed E-state index contributed by atoms with van der Waals surface area (Å²) in [7, 11) is 0. The summed E-state index contributed by atoms with van der Waals surface area (Å²) in [5, 5.41) is 0. The third-order valence-electron chi connectivity index (χ3n) is 4.06. The van der Waals surface area contributed by atoms with Crippen molar-refractivity contribution in [1.82, 2.24) is 0 Å². The minimum atomic E-state index is -0.718. The van der Waals surface area contributed by atoms with Crippen molar-refractivity contribution in [3.8, 4) is 0 Å². The Bertz CT molecular complexity index is 350. The number of rotatable bonds is 0. The fourth-order valence-corrected chi connectivity index (χ4v) is 3.32. The van der Waals surface area contributed by atoms with Crippen molar-refractivity contribution in [2.45, 2.75) is 38.4 Å². The monoisotopic (exact) mass is 196 g/mol. The molecule has 4 heteroatoms. The van der Waals surface area contributed by atoms with E-state index in [0.717, 1.165) is 12.8 Å². The van der Waals surface area contributed by atoms with Crippen LogP contribution in [0.3, 0.4) is 0 Å². The Morgan fingerprint density at radius 2 is 2.07 bits per heavy atom. The number of fused-ring (bicyclic) bond motifs is 5. The highest BCUT2D eigenvalue weighted by Crippen LogP contribution is 2.61. The molecule has 3 aliphatic heterocycles. The fraction of sp³-hybridized carbons (Fsp3) is 0.800. The molecule has 3 heterocycles. The third kappa shape index (κ3) is 0.639. The molecular weight excluding hydrogens is 184 g/mol. The zero-order valence-electron chi connectivity index (χ0n) is 8.20. The van der Waals surface area contributed by atoms with Crippen LogP contribution in [0.1, 0.15) is 26.7 Å². The Hall–Kier alpha value is -0.900. The molecule has 14 heavy (non-hydrogen) atoms. The number of cyclic esters (lactones) is 2. The Kier molecular flexibility index (Phi) is 1.22. The van der Waals surface area contributed by atoms with Crippen molar-refractivity contribution in [1.29, 1.82) is 0 Å². The van der Waals surface area contributed by atoms with Crippen LogP contribution in [-0.4, -0.2) is 23.6 Å². The lowest BCUT2D eigenvalue weighted by Gasteiger charge is -2.30. The van der Waals surface area contributed by atoms with Gasteiger partial charge < -0.3 is 9.47 Å². The van der Waals surface area contributed by atoms with Crippen LogP contribution in [0.15, 0.2) is 0 Å². The average molecular weight is 196 g/mol. The van der Waals surface area contributed by atoms with Crippen molar-refractivity contribution in [2.24, 2.45) is 11.3 Å². The van der Waals surface area contributed by atoms with Crippen LogP contribution in [-0.2, 0) is 19.1 Å². The second-order valence-electron chi connectivity index (χ2n) is 4.88. The van der Waals surface area contributed by atoms with Gasteiger partial charge in [0.2, 0.25) is 0 Å². The topological polar surface area (TPSA) is 52.6 Å². The molecule has 0 aromatic rings. The van der Waals surface area contributed by atoms with E-state index in [0.29, 0.717) is 0 Å². The van der Waals surface area contributed by atoms with Gasteiger partial charge >= 0.3 is 11.9 Å². The summed E-state index contributed by atoms with van der Waals surface area (Å²) < 4.78 is 10.5. The average Bonchev–Trinajstić information content (AvgIpc) is 2.62. The highest BCUT2D eigenvalue weighted by atomic mass is 16.6. The van der Waals surface area contributed by atoms with E-state index >= 15 is 0 Å². The summed E-state index contributed by atoms with van der Waals surface area (Å²) in [6.45, 7) is 3.70. The van der Waals surface area contributed by atoms with Crippen LogP contribution in [0.25, 0.3) is 0 Å². The minimum Gasteiger partial charge on any atom is -0.392 e. The van der Waals surface area contributed by atoms with Gasteiger partial charge in [0.05, 0.1) is 11.7 Å². The largest absolute Gasteiger partial charge is 0.392 e. The molecule has 0 aliphatic carbocycles. The first-order chi connectivity index (χ1) is 6.48. The molecule has 0 radical (unpaired) electrons. The van der Waals surface area contributed by atoms with Gasteiger partial charge in [-0.2, -0.15) is 0 Å². The van der Waals surface area contributed by atoms with Crippen molar-refractivity contribution in [3.63, 3.8) is 0 Å². The van der Waals surface area contributed by atoms with Crippen molar-refractivity contribution >= 4 is 11.9 Å². The van der Waals surface area contributed by atoms with Gasteiger partial charge in [-0.3, -0.25) is 9.59 Å². The first-order valence-corrected chi connectivity index (χ1v) is 4.92. The minimum absolute atomic E-state index is 0.128. The van der Waals surface area contributed by atoms with E-state index in [1.54, 1.807) is 6.92 Å². The molecule has 4 nitrogen and oxygen atoms in total. The van der Waals surface area contributed by atoms with Gasteiger partial charge in [0.1, 0.15) is 11.3 Å². The van der Waals surface area contributed by atoms with E-state index in [2.05, 4.69) is 0 Å². The lowest BCUT2D eigenvalue weighted by molar-refractivity contribution is -0.160. The molecule has 0 aromatic heterocycles. The van der Waals surface area contributed by atoms with Crippen LogP contribution in [0, 0.1) is 11.3 Å². The normalized spacial score (nSPS) is 55.0. The second-order valence-corrected chi connectivity index (χ2v) is 4.88. The Morgan fingerprint density at radius 3 is 2.71 bits per heavy atom. The van der Waals surface area contributed by atoms with Crippen LogP contribution in [0.4, 0.5) is 0 Å². The Labute approximate surface area is 81.6 Å². The molecule has 0 amide bonds. The van der Waals surface area contributed by atoms with Gasteiger partial charge in [-0.05, 0) is 26.7 Å². The number of esters is 2. The lowest BCUT2D eigenvalue weighted by Crippen LogP contribution is -2.44. The zero-order valence-corrected chi connectivity index (χ0v) is 8.20. The standard InChI is InChI=1S/C10H12O4/c1-9-4-3-5(14-9)10(2)6(9)7(11)13-8(10)12/h5-6H,3-4H2,1-2H3. The van der Waals surface area contributed by atoms with Crippen molar-refractivity contribution in [2.75, 3.05) is 0 Å². The quantitative estimate of drug-likeness (QED) is 0.421. The number of hydrogen-bond donors (Lipinski definition) is 0. The second kappa shape index (κ2) is 2.03. The Balaban J connectivity index is 2.16. The van der Waals surface area contributed by atoms with Gasteiger partial charge in [0.25, 0.3) is 0 Å². The number of carbonyl (C=O) groups is 2. The molecule has 2 bridgehead atoms. The van der Waals surface area contributed by atoms with E-state index < -0.39 is 23.0 Å². The summed E-state index contributed by atoms with van der Waals surface area (Å²) in [5.41, 5.74) is -1.19. The van der Waals surface area contributed by atoms with E-state index in [-0.39, 0.29) is 12.0 Å². The maximum atomic E-state index is 11.6. The van der Waals surface area contributed by atoms with E-state index in [1.165, 1.54) is 0 Å². The fourth-order valence-electron chi connectivity index (χ4n) is 3.32. The van der Waals surface area contributed by atoms with Crippen LogP contribution in [0.5, 0.6) is 0 Å². The third-order valence-corrected chi connectivity index (χ3v) is 4.06. The first-order valence-electron chi connectivity index (χ1n) is 4.92. The lowest BCUT2D eigenvalue weighted by atomic mass is 9.64. The molecular formula is C10H12O4. The molecule has 76 valence electrons. The first kappa shape index (κ1) is 8.41. The van der Waals surface area contributed by atoms with Crippen LogP contribution in [0.2, 0.25) is 0 Å². The summed E-state index contributed by atoms with van der Waals surface area (Å²) in [6, 6.07) is 0. The highest BCUT2D eigenvalue weighted by molar-refractivity contribution is 6.00. The maximum absolute atomic E-state index is 11.6. The van der Waals surface area contributed by atoms with E-state index in [1.807, 2.05) is 6.92 Å². The molecule has 3 saturated heterocycles. The summed E-state index contributed by atoms with van der Waals surface area (Å²) in [6.07, 6.45) is 1.57. The Morgan fingerprint density at radius 1 is 1.36 bits per heavy atom. The van der Waals surface area contributed by atoms with Gasteiger partial charge in [0, 0.05) is 0 Å². The number of hydrogen-bond acceptors (Lipinski definition) is 4. The SMILES string of the molecule is CC12CCC(O1)C1(C)C(=O)OC(=O)C21. The van der Waals surface area contributed by atoms with Gasteiger partial charge in [-0.1, -0.05) is 0 Å². The van der Waals surface area contributed by atoms with E-state index in [9.17, 15) is 9.59 Å². The smallest absolute Gasteiger partial charge is 0.323 e. The van der Waals surface area contributed by atoms with Crippen LogP contribution < -0.4 is 0 Å². The molecule has 4 atom stereocenters. The summed E-state index contributed by atoms with van der Waals surface area (Å²) >= 11 is 0.